The minimum Gasteiger partial charge on any atom is -0.497 e. The number of carbonyl (C=O) groups is 1. The van der Waals surface area contributed by atoms with Gasteiger partial charge < -0.3 is 25.7 Å². The Kier molecular flexibility index (Phi) is 11.8. The van der Waals surface area contributed by atoms with Gasteiger partial charge in [-0.1, -0.05) is 45.9 Å². The van der Waals surface area contributed by atoms with Gasteiger partial charge in [0, 0.05) is 46.9 Å². The molecule has 4 rings (SSSR count). The van der Waals surface area contributed by atoms with Gasteiger partial charge >= 0.3 is 0 Å². The van der Waals surface area contributed by atoms with Gasteiger partial charge in [0.25, 0.3) is 5.91 Å². The molecule has 5 N–H and O–H groups in total. The minimum atomic E-state index is -0.238. The van der Waals surface area contributed by atoms with Gasteiger partial charge in [-0.25, -0.2) is 4.98 Å². The van der Waals surface area contributed by atoms with Crippen LogP contribution in [0.1, 0.15) is 63.3 Å². The minimum absolute atomic E-state index is 0.238. The highest BCUT2D eigenvalue weighted by molar-refractivity contribution is 7.07. The Balaban J connectivity index is 0.00000205. The van der Waals surface area contributed by atoms with Crippen LogP contribution in [0.5, 0.6) is 0 Å². The molecule has 210 valence electrons. The Morgan fingerprint density at radius 2 is 1.95 bits per heavy atom. The average molecular weight is 551 g/mol. The molecule has 3 aromatic heterocycles. The first-order valence-electron chi connectivity index (χ1n) is 14.0. The number of H-pyrrole nitrogens is 1. The van der Waals surface area contributed by atoms with Crippen LogP contribution < -0.4 is 16.0 Å². The number of fused-ring (bicyclic) bond motifs is 3. The summed E-state index contributed by atoms with van der Waals surface area (Å²) in [6.45, 7) is 13.2. The van der Waals surface area contributed by atoms with Gasteiger partial charge in [0.15, 0.2) is 6.54 Å². The van der Waals surface area contributed by atoms with Gasteiger partial charge in [0.2, 0.25) is 0 Å². The number of hydrogen-bond acceptors (Lipinski definition) is 5. The molecule has 0 bridgehead atoms. The van der Waals surface area contributed by atoms with Crippen molar-refractivity contribution in [2.45, 2.75) is 52.9 Å². The van der Waals surface area contributed by atoms with Crippen molar-refractivity contribution in [3.05, 3.63) is 64.5 Å². The molecule has 0 aliphatic heterocycles. The van der Waals surface area contributed by atoms with Crippen LogP contribution in [-0.2, 0) is 16.0 Å². The Bertz CT molecular complexity index is 1350. The number of rotatable bonds is 15. The molecule has 1 atom stereocenters. The molecular formula is C31H44N5O2S+. The van der Waals surface area contributed by atoms with E-state index in [1.165, 1.54) is 23.3 Å². The second kappa shape index (κ2) is 15.3. The Morgan fingerprint density at radius 3 is 2.64 bits per heavy atom. The standard InChI is InChI=1S/C29H37N5O2S.C2H6/c1-4-5-6-12-34(18-27(30)35)13-7-11-31-29-28-24-9-8-22(20(2)36-3)16-25(24)33-26(28)17-23(32-29)15-21-10-14-37-19-21;1-2/h8-10,14,16-17,19,33H,2,4-7,11-13,15,18H2,1,3H3,(H2,30,35)(H,31,32);1-2H3/p+1. The molecule has 7 nitrogen and oxygen atoms in total. The molecule has 0 aliphatic carbocycles. The summed E-state index contributed by atoms with van der Waals surface area (Å²) in [6.07, 6.45) is 5.17. The number of methoxy groups -OCH3 is 1. The highest BCUT2D eigenvalue weighted by Crippen LogP contribution is 2.33. The molecule has 4 aromatic rings. The summed E-state index contributed by atoms with van der Waals surface area (Å²) in [5.41, 5.74) is 10.8. The zero-order valence-corrected chi connectivity index (χ0v) is 24.7. The summed E-state index contributed by atoms with van der Waals surface area (Å²) in [5, 5.41) is 10.1. The number of nitrogens with zero attached hydrogens (tertiary/aromatic N) is 1. The number of amides is 1. The number of anilines is 1. The lowest BCUT2D eigenvalue weighted by Crippen LogP contribution is -3.13. The number of nitrogens with one attached hydrogen (secondary N) is 3. The predicted octanol–water partition coefficient (Wildman–Crippen LogP) is 5.37. The molecule has 3 heterocycles. The second-order valence-electron chi connectivity index (χ2n) is 9.59. The van der Waals surface area contributed by atoms with Crippen molar-refractivity contribution in [1.82, 2.24) is 9.97 Å². The van der Waals surface area contributed by atoms with Crippen LogP contribution in [0.2, 0.25) is 0 Å². The number of carbonyl (C=O) groups excluding carboxylic acids is 1. The Hall–Kier alpha value is -3.36. The summed E-state index contributed by atoms with van der Waals surface area (Å²) in [5.74, 6) is 1.28. The van der Waals surface area contributed by atoms with Gasteiger partial charge in [-0.2, -0.15) is 11.3 Å². The lowest BCUT2D eigenvalue weighted by atomic mass is 10.1. The van der Waals surface area contributed by atoms with E-state index in [0.29, 0.717) is 12.3 Å². The fraction of sp³-hybridized carbons (Fsp3) is 0.419. The van der Waals surface area contributed by atoms with E-state index in [9.17, 15) is 4.79 Å². The first-order valence-corrected chi connectivity index (χ1v) is 15.0. The predicted molar refractivity (Wildman–Crippen MR) is 166 cm³/mol. The maximum atomic E-state index is 11.6. The van der Waals surface area contributed by atoms with Crippen molar-refractivity contribution in [3.8, 4) is 0 Å². The molecule has 0 saturated carbocycles. The van der Waals surface area contributed by atoms with Crippen molar-refractivity contribution in [3.63, 3.8) is 0 Å². The fourth-order valence-electron chi connectivity index (χ4n) is 4.81. The zero-order chi connectivity index (χ0) is 28.2. The van der Waals surface area contributed by atoms with E-state index in [0.717, 1.165) is 77.8 Å². The number of hydrogen-bond donors (Lipinski definition) is 4. The first-order chi connectivity index (χ1) is 19.0. The Labute approximate surface area is 236 Å². The number of aromatic amines is 1. The van der Waals surface area contributed by atoms with E-state index in [1.807, 2.05) is 19.9 Å². The zero-order valence-electron chi connectivity index (χ0n) is 23.9. The first kappa shape index (κ1) is 30.2. The number of pyridine rings is 1. The summed E-state index contributed by atoms with van der Waals surface area (Å²) < 4.78 is 5.34. The Morgan fingerprint density at radius 1 is 1.15 bits per heavy atom. The van der Waals surface area contributed by atoms with E-state index < -0.39 is 0 Å². The monoisotopic (exact) mass is 550 g/mol. The van der Waals surface area contributed by atoms with Crippen LogP contribution in [0.25, 0.3) is 27.6 Å². The number of benzene rings is 1. The molecule has 1 amide bonds. The molecule has 1 unspecified atom stereocenters. The van der Waals surface area contributed by atoms with E-state index in [4.69, 9.17) is 15.5 Å². The third kappa shape index (κ3) is 8.31. The molecule has 0 spiro atoms. The van der Waals surface area contributed by atoms with Gasteiger partial charge in [0.05, 0.1) is 25.7 Å². The molecule has 8 heteroatoms. The summed E-state index contributed by atoms with van der Waals surface area (Å²) in [7, 11) is 1.64. The van der Waals surface area contributed by atoms with Gasteiger partial charge in [-0.15, -0.1) is 0 Å². The van der Waals surface area contributed by atoms with Crippen molar-refractivity contribution < 1.29 is 14.4 Å². The molecule has 0 aliphatic rings. The van der Waals surface area contributed by atoms with E-state index in [2.05, 4.69) is 58.8 Å². The van der Waals surface area contributed by atoms with Crippen molar-refractivity contribution >= 4 is 50.6 Å². The van der Waals surface area contributed by atoms with Crippen LogP contribution in [0.4, 0.5) is 5.82 Å². The largest absolute Gasteiger partial charge is 0.497 e. The molecule has 0 radical (unpaired) electrons. The van der Waals surface area contributed by atoms with Crippen LogP contribution in [-0.4, -0.2) is 49.2 Å². The molecular weight excluding hydrogens is 506 g/mol. The third-order valence-electron chi connectivity index (χ3n) is 6.72. The van der Waals surface area contributed by atoms with Crippen molar-refractivity contribution in [1.29, 1.82) is 0 Å². The summed E-state index contributed by atoms with van der Waals surface area (Å²) >= 11 is 1.70. The van der Waals surface area contributed by atoms with E-state index in [-0.39, 0.29) is 5.91 Å². The SMILES string of the molecule is C=C(OC)c1ccc2c(c1)[nH]c1cc(Cc3ccsc3)nc(NCCC[NH+](CCCCC)CC(N)=O)c12.CC. The number of unbranched alkanes of at least 4 members (excludes halogenated alkanes) is 2. The quantitative estimate of drug-likeness (QED) is 0.118. The molecule has 0 saturated heterocycles. The van der Waals surface area contributed by atoms with Crippen molar-refractivity contribution in [2.75, 3.05) is 38.6 Å². The van der Waals surface area contributed by atoms with E-state index in [1.54, 1.807) is 18.4 Å². The van der Waals surface area contributed by atoms with Crippen LogP contribution in [0, 0.1) is 0 Å². The lowest BCUT2D eigenvalue weighted by molar-refractivity contribution is -0.892. The normalized spacial score (nSPS) is 11.7. The average Bonchev–Trinajstić information content (AvgIpc) is 3.58. The third-order valence-corrected chi connectivity index (χ3v) is 7.45. The molecule has 39 heavy (non-hydrogen) atoms. The topological polar surface area (TPSA) is 97.5 Å². The second-order valence-corrected chi connectivity index (χ2v) is 10.4. The number of aromatic nitrogens is 2. The fourth-order valence-corrected chi connectivity index (χ4v) is 5.48. The van der Waals surface area contributed by atoms with Crippen LogP contribution in [0.15, 0.2) is 47.7 Å². The summed E-state index contributed by atoms with van der Waals surface area (Å²) in [4.78, 5) is 21.4. The van der Waals surface area contributed by atoms with E-state index >= 15 is 0 Å². The highest BCUT2D eigenvalue weighted by atomic mass is 32.1. The molecule has 0 fully saturated rings. The van der Waals surface area contributed by atoms with Gasteiger partial charge in [0.1, 0.15) is 11.6 Å². The van der Waals surface area contributed by atoms with Crippen LogP contribution in [0.3, 0.4) is 0 Å². The molecule has 1 aromatic carbocycles. The van der Waals surface area contributed by atoms with Crippen molar-refractivity contribution in [2.24, 2.45) is 5.73 Å². The smallest absolute Gasteiger partial charge is 0.272 e. The maximum absolute atomic E-state index is 11.6. The lowest BCUT2D eigenvalue weighted by Gasteiger charge is -2.18. The van der Waals surface area contributed by atoms with Gasteiger partial charge in [-0.05, 0) is 47.4 Å². The maximum Gasteiger partial charge on any atom is 0.272 e. The number of nitrogens with two attached hydrogens (primary N) is 1. The highest BCUT2D eigenvalue weighted by Gasteiger charge is 2.15. The summed E-state index contributed by atoms with van der Waals surface area (Å²) in [6, 6.07) is 10.5. The number of ether oxygens (including phenoxy) is 1. The number of quaternary nitrogens is 1. The van der Waals surface area contributed by atoms with Crippen LogP contribution >= 0.6 is 11.3 Å². The number of thiophene rings is 1. The van der Waals surface area contributed by atoms with Gasteiger partial charge in [-0.3, -0.25) is 4.79 Å². The number of primary amides is 1.